The summed E-state index contributed by atoms with van der Waals surface area (Å²) >= 11 is 5.90. The van der Waals surface area contributed by atoms with E-state index in [9.17, 15) is 0 Å². The number of ether oxygens (including phenoxy) is 1. The molecule has 0 aliphatic carbocycles. The first-order valence-corrected chi connectivity index (χ1v) is 6.04. The molecule has 2 heterocycles. The normalized spacial score (nSPS) is 10.6. The lowest BCUT2D eigenvalue weighted by atomic mass is 10.2. The van der Waals surface area contributed by atoms with Crippen LogP contribution >= 0.6 is 11.6 Å². The van der Waals surface area contributed by atoms with Crippen molar-refractivity contribution in [1.82, 2.24) is 15.2 Å². The molecule has 0 saturated carbocycles. The molecule has 19 heavy (non-hydrogen) atoms. The van der Waals surface area contributed by atoms with Gasteiger partial charge < -0.3 is 10.1 Å². The van der Waals surface area contributed by atoms with Gasteiger partial charge in [-0.15, -0.1) is 0 Å². The maximum absolute atomic E-state index is 5.90. The topological polar surface area (TPSA) is 62.8 Å². The van der Waals surface area contributed by atoms with Gasteiger partial charge in [-0.2, -0.15) is 5.10 Å². The Kier molecular flexibility index (Phi) is 2.97. The average Bonchev–Trinajstić information content (AvgIpc) is 2.81. The van der Waals surface area contributed by atoms with Gasteiger partial charge >= 0.3 is 0 Å². The lowest BCUT2D eigenvalue weighted by Crippen LogP contribution is -1.92. The zero-order valence-corrected chi connectivity index (χ0v) is 10.9. The van der Waals surface area contributed by atoms with Crippen molar-refractivity contribution in [2.24, 2.45) is 0 Å². The number of benzene rings is 1. The second-order valence-corrected chi connectivity index (χ2v) is 4.44. The number of anilines is 2. The molecule has 3 aromatic rings. The SMILES string of the molecule is COc1ccc2[nH]nc(Nc3cncc(Cl)c3)c2c1. The van der Waals surface area contributed by atoms with E-state index in [-0.39, 0.29) is 0 Å². The van der Waals surface area contributed by atoms with Crippen LogP contribution in [0.1, 0.15) is 0 Å². The van der Waals surface area contributed by atoms with Crippen LogP contribution in [0.2, 0.25) is 5.02 Å². The Balaban J connectivity index is 2.00. The van der Waals surface area contributed by atoms with Crippen LogP contribution in [0.15, 0.2) is 36.7 Å². The Bertz CT molecular complexity index is 725. The Morgan fingerprint density at radius 1 is 1.26 bits per heavy atom. The van der Waals surface area contributed by atoms with Crippen molar-refractivity contribution in [2.45, 2.75) is 0 Å². The van der Waals surface area contributed by atoms with Gasteiger partial charge in [-0.25, -0.2) is 0 Å². The highest BCUT2D eigenvalue weighted by atomic mass is 35.5. The van der Waals surface area contributed by atoms with Crippen LogP contribution < -0.4 is 10.1 Å². The molecule has 0 atom stereocenters. The number of pyridine rings is 1. The molecule has 0 radical (unpaired) electrons. The summed E-state index contributed by atoms with van der Waals surface area (Å²) in [4.78, 5) is 4.02. The molecule has 0 unspecified atom stereocenters. The summed E-state index contributed by atoms with van der Waals surface area (Å²) < 4.78 is 5.21. The third-order valence-corrected chi connectivity index (χ3v) is 2.94. The van der Waals surface area contributed by atoms with E-state index in [2.05, 4.69) is 20.5 Å². The molecule has 0 bridgehead atoms. The van der Waals surface area contributed by atoms with Crippen molar-refractivity contribution in [3.05, 3.63) is 41.7 Å². The first kappa shape index (κ1) is 11.8. The summed E-state index contributed by atoms with van der Waals surface area (Å²) in [5.74, 6) is 1.49. The van der Waals surface area contributed by atoms with Crippen LogP contribution in [-0.4, -0.2) is 22.3 Å². The largest absolute Gasteiger partial charge is 0.497 e. The molecule has 2 aromatic heterocycles. The Morgan fingerprint density at radius 3 is 2.95 bits per heavy atom. The minimum atomic E-state index is 0.572. The molecule has 3 rings (SSSR count). The van der Waals surface area contributed by atoms with Crippen molar-refractivity contribution in [3.8, 4) is 5.75 Å². The van der Waals surface area contributed by atoms with Crippen molar-refractivity contribution in [2.75, 3.05) is 12.4 Å². The van der Waals surface area contributed by atoms with Gasteiger partial charge in [0.15, 0.2) is 5.82 Å². The van der Waals surface area contributed by atoms with Gasteiger partial charge in [-0.1, -0.05) is 11.6 Å². The number of H-pyrrole nitrogens is 1. The average molecular weight is 275 g/mol. The fourth-order valence-electron chi connectivity index (χ4n) is 1.83. The summed E-state index contributed by atoms with van der Waals surface area (Å²) in [6.07, 6.45) is 3.27. The maximum atomic E-state index is 5.90. The molecular formula is C13H11ClN4O. The molecular weight excluding hydrogens is 264 g/mol. The maximum Gasteiger partial charge on any atom is 0.160 e. The highest BCUT2D eigenvalue weighted by Crippen LogP contribution is 2.27. The highest BCUT2D eigenvalue weighted by Gasteiger charge is 2.07. The Hall–Kier alpha value is -2.27. The summed E-state index contributed by atoms with van der Waals surface area (Å²) in [7, 11) is 1.63. The predicted octanol–water partition coefficient (Wildman–Crippen LogP) is 3.36. The number of hydrogen-bond acceptors (Lipinski definition) is 4. The summed E-state index contributed by atoms with van der Waals surface area (Å²) in [5.41, 5.74) is 1.71. The van der Waals surface area contributed by atoms with Gasteiger partial charge in [-0.05, 0) is 24.3 Å². The molecule has 0 aliphatic rings. The third-order valence-electron chi connectivity index (χ3n) is 2.74. The third kappa shape index (κ3) is 2.32. The second kappa shape index (κ2) is 4.78. The first-order valence-electron chi connectivity index (χ1n) is 5.66. The van der Waals surface area contributed by atoms with Crippen molar-refractivity contribution < 1.29 is 4.74 Å². The number of methoxy groups -OCH3 is 1. The fourth-order valence-corrected chi connectivity index (χ4v) is 2.01. The molecule has 0 aliphatic heterocycles. The zero-order chi connectivity index (χ0) is 13.2. The number of fused-ring (bicyclic) bond motifs is 1. The van der Waals surface area contributed by atoms with Gasteiger partial charge in [0, 0.05) is 11.6 Å². The van der Waals surface area contributed by atoms with Gasteiger partial charge in [0.1, 0.15) is 5.75 Å². The smallest absolute Gasteiger partial charge is 0.160 e. The number of rotatable bonds is 3. The Morgan fingerprint density at radius 2 is 2.16 bits per heavy atom. The van der Waals surface area contributed by atoms with Gasteiger partial charge in [0.2, 0.25) is 0 Å². The van der Waals surface area contributed by atoms with Crippen LogP contribution in [0.3, 0.4) is 0 Å². The summed E-state index contributed by atoms with van der Waals surface area (Å²) in [6.45, 7) is 0. The fraction of sp³-hybridized carbons (Fsp3) is 0.0769. The monoisotopic (exact) mass is 274 g/mol. The molecule has 0 fully saturated rings. The van der Waals surface area contributed by atoms with E-state index in [1.807, 2.05) is 18.2 Å². The molecule has 6 heteroatoms. The lowest BCUT2D eigenvalue weighted by Gasteiger charge is -2.04. The van der Waals surface area contributed by atoms with Crippen molar-refractivity contribution in [1.29, 1.82) is 0 Å². The number of halogens is 1. The Labute approximate surface area is 114 Å². The van der Waals surface area contributed by atoms with Gasteiger partial charge in [-0.3, -0.25) is 10.1 Å². The van der Waals surface area contributed by atoms with Crippen LogP contribution in [-0.2, 0) is 0 Å². The number of nitrogens with zero attached hydrogens (tertiary/aromatic N) is 2. The van der Waals surface area contributed by atoms with Crippen LogP contribution in [0.4, 0.5) is 11.5 Å². The minimum absolute atomic E-state index is 0.572. The van der Waals surface area contributed by atoms with Crippen LogP contribution in [0, 0.1) is 0 Å². The molecule has 0 spiro atoms. The quantitative estimate of drug-likeness (QED) is 0.769. The molecule has 96 valence electrons. The van der Waals surface area contributed by atoms with E-state index in [0.717, 1.165) is 22.3 Å². The van der Waals surface area contributed by atoms with Crippen molar-refractivity contribution >= 4 is 34.0 Å². The number of nitrogens with one attached hydrogen (secondary N) is 2. The first-order chi connectivity index (χ1) is 9.26. The number of aromatic amines is 1. The standard InChI is InChI=1S/C13H11ClN4O/c1-19-10-2-3-12-11(5-10)13(18-17-12)16-9-4-8(14)6-15-7-9/h2-7H,1H3,(H2,16,17,18). The highest BCUT2D eigenvalue weighted by molar-refractivity contribution is 6.30. The number of aromatic nitrogens is 3. The minimum Gasteiger partial charge on any atom is -0.497 e. The number of hydrogen-bond donors (Lipinski definition) is 2. The van der Waals surface area contributed by atoms with E-state index in [1.165, 1.54) is 0 Å². The molecule has 1 aromatic carbocycles. The summed E-state index contributed by atoms with van der Waals surface area (Å²) in [5, 5.41) is 11.9. The molecule has 5 nitrogen and oxygen atoms in total. The summed E-state index contributed by atoms with van der Waals surface area (Å²) in [6, 6.07) is 7.50. The van der Waals surface area contributed by atoms with Crippen molar-refractivity contribution in [3.63, 3.8) is 0 Å². The van der Waals surface area contributed by atoms with E-state index >= 15 is 0 Å². The molecule has 0 saturated heterocycles. The zero-order valence-electron chi connectivity index (χ0n) is 10.1. The van der Waals surface area contributed by atoms with E-state index in [4.69, 9.17) is 16.3 Å². The van der Waals surface area contributed by atoms with Gasteiger partial charge in [0.05, 0.1) is 29.5 Å². The lowest BCUT2D eigenvalue weighted by molar-refractivity contribution is 0.415. The van der Waals surface area contributed by atoms with Gasteiger partial charge in [0.25, 0.3) is 0 Å². The van der Waals surface area contributed by atoms with Crippen LogP contribution in [0.5, 0.6) is 5.75 Å². The predicted molar refractivity (Wildman–Crippen MR) is 75.2 cm³/mol. The van der Waals surface area contributed by atoms with E-state index in [1.54, 1.807) is 25.6 Å². The second-order valence-electron chi connectivity index (χ2n) is 4.00. The van der Waals surface area contributed by atoms with Crippen LogP contribution in [0.25, 0.3) is 10.9 Å². The van der Waals surface area contributed by atoms with E-state index in [0.29, 0.717) is 10.8 Å². The molecule has 2 N–H and O–H groups in total. The molecule has 0 amide bonds. The van der Waals surface area contributed by atoms with E-state index < -0.39 is 0 Å².